The number of carbonyl (C=O) groups is 3. The Balaban J connectivity index is 2.26. The van der Waals surface area contributed by atoms with E-state index in [1.54, 1.807) is 47.7 Å². The molecule has 1 aliphatic heterocycles. The van der Waals surface area contributed by atoms with Crippen LogP contribution in [0.4, 0.5) is 9.59 Å². The van der Waals surface area contributed by atoms with E-state index in [2.05, 4.69) is 10.2 Å². The lowest BCUT2D eigenvalue weighted by molar-refractivity contribution is -0.143. The summed E-state index contributed by atoms with van der Waals surface area (Å²) in [6.07, 6.45) is 0.248. The van der Waals surface area contributed by atoms with Crippen molar-refractivity contribution in [2.75, 3.05) is 13.1 Å². The predicted octanol–water partition coefficient (Wildman–Crippen LogP) is 2.39. The Kier molecular flexibility index (Phi) is 6.56. The van der Waals surface area contributed by atoms with Crippen molar-refractivity contribution in [3.8, 4) is 0 Å². The molecule has 1 unspecified atom stereocenters. The maximum Gasteiger partial charge on any atom is 0.420 e. The molecule has 0 spiro atoms. The van der Waals surface area contributed by atoms with Crippen LogP contribution in [-0.4, -0.2) is 73.6 Å². The number of carboxylic acids is 1. The van der Waals surface area contributed by atoms with Gasteiger partial charge in [0.25, 0.3) is 0 Å². The molecule has 0 aromatic carbocycles. The lowest BCUT2D eigenvalue weighted by atomic mass is 10.1. The normalized spacial score (nSPS) is 15.9. The Labute approximate surface area is 170 Å². The summed E-state index contributed by atoms with van der Waals surface area (Å²) in [5.74, 6) is -1.32. The molecule has 1 aromatic rings. The van der Waals surface area contributed by atoms with Gasteiger partial charge in [-0.2, -0.15) is 10.00 Å². The van der Waals surface area contributed by atoms with Crippen LogP contribution in [0, 0.1) is 0 Å². The summed E-state index contributed by atoms with van der Waals surface area (Å²) >= 11 is 0. The molecule has 1 aliphatic rings. The minimum atomic E-state index is -1.46. The van der Waals surface area contributed by atoms with E-state index in [0.717, 1.165) is 11.3 Å². The van der Waals surface area contributed by atoms with E-state index in [-0.39, 0.29) is 6.54 Å². The molecule has 1 atom stereocenters. The van der Waals surface area contributed by atoms with Crippen LogP contribution in [0.15, 0.2) is 6.20 Å². The number of aromatic amines is 1. The third-order valence-electron chi connectivity index (χ3n) is 4.09. The zero-order valence-corrected chi connectivity index (χ0v) is 17.8. The van der Waals surface area contributed by atoms with Gasteiger partial charge in [-0.1, -0.05) is 0 Å². The number of fused-ring (bicyclic) bond motifs is 1. The summed E-state index contributed by atoms with van der Waals surface area (Å²) in [6.45, 7) is 10.8. The first kappa shape index (κ1) is 22.7. The number of hydrogen-bond acceptors (Lipinski definition) is 7. The molecule has 10 heteroatoms. The van der Waals surface area contributed by atoms with Gasteiger partial charge in [-0.15, -0.1) is 0 Å². The van der Waals surface area contributed by atoms with Crippen molar-refractivity contribution in [2.24, 2.45) is 0 Å². The minimum absolute atomic E-state index is 0.0571. The van der Waals surface area contributed by atoms with Gasteiger partial charge in [0.05, 0.1) is 6.20 Å². The van der Waals surface area contributed by atoms with E-state index >= 15 is 0 Å². The molecule has 0 saturated heterocycles. The van der Waals surface area contributed by atoms with Gasteiger partial charge in [0.1, 0.15) is 11.2 Å². The van der Waals surface area contributed by atoms with Gasteiger partial charge in [-0.05, 0) is 41.5 Å². The van der Waals surface area contributed by atoms with Gasteiger partial charge in [0, 0.05) is 37.3 Å². The average molecular weight is 410 g/mol. The molecule has 2 amide bonds. The second-order valence-corrected chi connectivity index (χ2v) is 9.04. The highest BCUT2D eigenvalue weighted by molar-refractivity contribution is 5.93. The first-order chi connectivity index (χ1) is 13.3. The molecule has 2 heterocycles. The second-order valence-electron chi connectivity index (χ2n) is 9.04. The minimum Gasteiger partial charge on any atom is -0.480 e. The van der Waals surface area contributed by atoms with Crippen molar-refractivity contribution in [2.45, 2.75) is 71.8 Å². The molecule has 1 aromatic heterocycles. The smallest absolute Gasteiger partial charge is 0.420 e. The SMILES string of the molecule is CC(C)(C)OC(=O)N(C(=O)OC(C)(C)C)C(CN1CCc2[nH]ncc2C1)C(=O)O. The van der Waals surface area contributed by atoms with Crippen LogP contribution in [-0.2, 0) is 27.2 Å². The molecule has 0 radical (unpaired) electrons. The van der Waals surface area contributed by atoms with E-state index < -0.39 is 35.4 Å². The summed E-state index contributed by atoms with van der Waals surface area (Å²) in [7, 11) is 0. The van der Waals surface area contributed by atoms with Crippen molar-refractivity contribution >= 4 is 18.2 Å². The number of aliphatic carboxylic acids is 1. The van der Waals surface area contributed by atoms with Crippen LogP contribution < -0.4 is 0 Å². The number of ether oxygens (including phenoxy) is 2. The Morgan fingerprint density at radius 2 is 1.72 bits per heavy atom. The highest BCUT2D eigenvalue weighted by atomic mass is 16.6. The molecule has 162 valence electrons. The highest BCUT2D eigenvalue weighted by Gasteiger charge is 2.41. The Hall–Kier alpha value is -2.62. The molecule has 0 fully saturated rings. The third kappa shape index (κ3) is 6.45. The maximum absolute atomic E-state index is 12.7. The quantitative estimate of drug-likeness (QED) is 0.775. The van der Waals surface area contributed by atoms with Crippen molar-refractivity contribution in [1.29, 1.82) is 0 Å². The number of nitrogens with zero attached hydrogens (tertiary/aromatic N) is 3. The van der Waals surface area contributed by atoms with E-state index in [0.29, 0.717) is 24.4 Å². The largest absolute Gasteiger partial charge is 0.480 e. The van der Waals surface area contributed by atoms with E-state index in [9.17, 15) is 19.5 Å². The number of carbonyl (C=O) groups excluding carboxylic acids is 2. The monoisotopic (exact) mass is 410 g/mol. The van der Waals surface area contributed by atoms with E-state index in [4.69, 9.17) is 9.47 Å². The van der Waals surface area contributed by atoms with Crippen LogP contribution in [0.5, 0.6) is 0 Å². The van der Waals surface area contributed by atoms with E-state index in [1.165, 1.54) is 0 Å². The molecule has 29 heavy (non-hydrogen) atoms. The van der Waals surface area contributed by atoms with Gasteiger partial charge in [0.15, 0.2) is 6.04 Å². The Bertz CT molecular complexity index is 733. The number of rotatable bonds is 4. The molecule has 10 nitrogen and oxygen atoms in total. The standard InChI is InChI=1S/C19H30N4O6/c1-18(2,3)28-16(26)23(17(27)29-19(4,5)6)14(15(24)25)11-22-8-7-13-12(10-22)9-20-21-13/h9,14H,7-8,10-11H2,1-6H3,(H,20,21)(H,24,25). The van der Waals surface area contributed by atoms with Crippen LogP contribution in [0.2, 0.25) is 0 Å². The predicted molar refractivity (Wildman–Crippen MR) is 103 cm³/mol. The summed E-state index contributed by atoms with van der Waals surface area (Å²) in [5, 5.41) is 16.7. The number of hydrogen-bond donors (Lipinski definition) is 2. The number of nitrogens with one attached hydrogen (secondary N) is 1. The average Bonchev–Trinajstić information content (AvgIpc) is 2.98. The maximum atomic E-state index is 12.7. The summed E-state index contributed by atoms with van der Waals surface area (Å²) in [4.78, 5) is 39.9. The summed E-state index contributed by atoms with van der Waals surface area (Å²) < 4.78 is 10.6. The molecule has 0 aliphatic carbocycles. The Morgan fingerprint density at radius 1 is 1.17 bits per heavy atom. The molecule has 2 rings (SSSR count). The molecule has 0 saturated carbocycles. The van der Waals surface area contributed by atoms with E-state index in [1.807, 2.05) is 4.90 Å². The second kappa shape index (κ2) is 8.40. The number of H-pyrrole nitrogens is 1. The van der Waals surface area contributed by atoms with Gasteiger partial charge in [-0.25, -0.2) is 14.4 Å². The van der Waals surface area contributed by atoms with Crippen molar-refractivity contribution in [3.05, 3.63) is 17.5 Å². The topological polar surface area (TPSA) is 125 Å². The lowest BCUT2D eigenvalue weighted by Gasteiger charge is -2.35. The van der Waals surface area contributed by atoms with Crippen molar-refractivity contribution in [3.63, 3.8) is 0 Å². The molecule has 2 N–H and O–H groups in total. The number of carboxylic acid groups (broad SMARTS) is 1. The van der Waals surface area contributed by atoms with Gasteiger partial charge >= 0.3 is 18.2 Å². The highest BCUT2D eigenvalue weighted by Crippen LogP contribution is 2.20. The zero-order chi connectivity index (χ0) is 22.0. The van der Waals surface area contributed by atoms with Gasteiger partial charge in [-0.3, -0.25) is 10.00 Å². The third-order valence-corrected chi connectivity index (χ3v) is 4.09. The van der Waals surface area contributed by atoms with Crippen LogP contribution in [0.1, 0.15) is 52.8 Å². The fourth-order valence-electron chi connectivity index (χ4n) is 2.90. The summed E-state index contributed by atoms with van der Waals surface area (Å²) in [5.41, 5.74) is 0.153. The van der Waals surface area contributed by atoms with Crippen LogP contribution in [0.3, 0.4) is 0 Å². The summed E-state index contributed by atoms with van der Waals surface area (Å²) in [6, 6.07) is -1.46. The van der Waals surface area contributed by atoms with Crippen LogP contribution in [0.25, 0.3) is 0 Å². The lowest BCUT2D eigenvalue weighted by Crippen LogP contribution is -2.56. The number of aromatic nitrogens is 2. The fourth-order valence-corrected chi connectivity index (χ4v) is 2.90. The first-order valence-electron chi connectivity index (χ1n) is 9.48. The molecular weight excluding hydrogens is 380 g/mol. The van der Waals surface area contributed by atoms with Gasteiger partial charge in [0.2, 0.25) is 0 Å². The number of imide groups is 1. The number of amides is 2. The van der Waals surface area contributed by atoms with Gasteiger partial charge < -0.3 is 14.6 Å². The van der Waals surface area contributed by atoms with Crippen molar-refractivity contribution in [1.82, 2.24) is 20.0 Å². The molecular formula is C19H30N4O6. The zero-order valence-electron chi connectivity index (χ0n) is 17.8. The first-order valence-corrected chi connectivity index (χ1v) is 9.48. The van der Waals surface area contributed by atoms with Crippen LogP contribution >= 0.6 is 0 Å². The Morgan fingerprint density at radius 3 is 2.21 bits per heavy atom. The molecule has 0 bridgehead atoms. The fraction of sp³-hybridized carbons (Fsp3) is 0.684. The van der Waals surface area contributed by atoms with Crippen molar-refractivity contribution < 1.29 is 29.0 Å².